The van der Waals surface area contributed by atoms with Crippen LogP contribution < -0.4 is 5.32 Å². The maximum atomic E-state index is 11.4. The number of rotatable bonds is 5. The number of hydrogen-bond donors (Lipinski definition) is 1. The minimum Gasteiger partial charge on any atom is -0.445 e. The third kappa shape index (κ3) is 4.07. The van der Waals surface area contributed by atoms with Gasteiger partial charge in [-0.3, -0.25) is 0 Å². The first kappa shape index (κ1) is 13.5. The summed E-state index contributed by atoms with van der Waals surface area (Å²) in [6.45, 7) is 0.824. The summed E-state index contributed by atoms with van der Waals surface area (Å²) in [6.07, 6.45) is 1.18. The molecular formula is C13H15Cl2NO2. The first-order valence-electron chi connectivity index (χ1n) is 5.90. The molecule has 1 saturated carbocycles. The Morgan fingerprint density at radius 1 is 1.39 bits per heavy atom. The Morgan fingerprint density at radius 3 is 2.67 bits per heavy atom. The van der Waals surface area contributed by atoms with Crippen molar-refractivity contribution in [2.75, 3.05) is 6.54 Å². The van der Waals surface area contributed by atoms with Crippen LogP contribution in [0, 0.1) is 5.92 Å². The fourth-order valence-corrected chi connectivity index (χ4v) is 2.30. The molecule has 98 valence electrons. The molecule has 5 heteroatoms. The van der Waals surface area contributed by atoms with E-state index in [1.165, 1.54) is 0 Å². The van der Waals surface area contributed by atoms with Gasteiger partial charge in [-0.2, -0.15) is 0 Å². The van der Waals surface area contributed by atoms with Crippen LogP contribution in [0.1, 0.15) is 18.4 Å². The van der Waals surface area contributed by atoms with Gasteiger partial charge < -0.3 is 10.1 Å². The summed E-state index contributed by atoms with van der Waals surface area (Å²) < 4.78 is 4.49. The van der Waals surface area contributed by atoms with E-state index < -0.39 is 10.4 Å². The van der Waals surface area contributed by atoms with E-state index in [2.05, 4.69) is 5.32 Å². The van der Waals surface area contributed by atoms with Crippen LogP contribution in [0.2, 0.25) is 0 Å². The molecule has 0 heterocycles. The van der Waals surface area contributed by atoms with E-state index >= 15 is 0 Å². The smallest absolute Gasteiger partial charge is 0.407 e. The van der Waals surface area contributed by atoms with Crippen molar-refractivity contribution in [3.63, 3.8) is 0 Å². The molecular weight excluding hydrogens is 273 g/mol. The number of halogens is 2. The third-order valence-electron chi connectivity index (χ3n) is 2.93. The number of hydrogen-bond acceptors (Lipinski definition) is 2. The van der Waals surface area contributed by atoms with Gasteiger partial charge in [-0.1, -0.05) is 30.3 Å². The maximum Gasteiger partial charge on any atom is 0.407 e. The first-order chi connectivity index (χ1) is 8.58. The Balaban J connectivity index is 1.58. The SMILES string of the molecule is O=C(NCCC1CC1(Cl)Cl)OCc1ccccc1. The Bertz CT molecular complexity index is 409. The molecule has 0 radical (unpaired) electrons. The van der Waals surface area contributed by atoms with Crippen molar-refractivity contribution in [2.24, 2.45) is 5.92 Å². The molecule has 1 aromatic rings. The highest BCUT2D eigenvalue weighted by atomic mass is 35.5. The van der Waals surface area contributed by atoms with Crippen LogP contribution in [0.25, 0.3) is 0 Å². The second kappa shape index (κ2) is 5.81. The minimum absolute atomic E-state index is 0.283. The molecule has 1 amide bonds. The van der Waals surface area contributed by atoms with E-state index in [0.717, 1.165) is 18.4 Å². The van der Waals surface area contributed by atoms with Crippen molar-refractivity contribution in [2.45, 2.75) is 23.8 Å². The molecule has 1 aliphatic carbocycles. The summed E-state index contributed by atoms with van der Waals surface area (Å²) in [4.78, 5) is 11.4. The number of carbonyl (C=O) groups is 1. The summed E-state index contributed by atoms with van der Waals surface area (Å²) >= 11 is 11.8. The minimum atomic E-state index is -0.574. The monoisotopic (exact) mass is 287 g/mol. The molecule has 3 nitrogen and oxygen atoms in total. The van der Waals surface area contributed by atoms with Crippen molar-refractivity contribution < 1.29 is 9.53 Å². The van der Waals surface area contributed by atoms with E-state index in [1.54, 1.807) is 0 Å². The lowest BCUT2D eigenvalue weighted by Gasteiger charge is -2.07. The summed E-state index contributed by atoms with van der Waals surface area (Å²) in [7, 11) is 0. The van der Waals surface area contributed by atoms with E-state index in [0.29, 0.717) is 6.54 Å². The second-order valence-electron chi connectivity index (χ2n) is 4.44. The maximum absolute atomic E-state index is 11.4. The van der Waals surface area contributed by atoms with Crippen molar-refractivity contribution in [1.82, 2.24) is 5.32 Å². The molecule has 1 fully saturated rings. The summed E-state index contributed by atoms with van der Waals surface area (Å²) in [5.74, 6) is 0.287. The molecule has 0 aliphatic heterocycles. The number of amides is 1. The van der Waals surface area contributed by atoms with Gasteiger partial charge in [0.2, 0.25) is 0 Å². The van der Waals surface area contributed by atoms with Crippen LogP contribution in [0.5, 0.6) is 0 Å². The van der Waals surface area contributed by atoms with Gasteiger partial charge in [-0.25, -0.2) is 4.79 Å². The normalized spacial score (nSPS) is 20.2. The lowest BCUT2D eigenvalue weighted by atomic mass is 10.2. The summed E-state index contributed by atoms with van der Waals surface area (Å²) in [5.41, 5.74) is 0.968. The number of alkyl halides is 2. The zero-order valence-electron chi connectivity index (χ0n) is 9.86. The molecule has 0 saturated heterocycles. The van der Waals surface area contributed by atoms with E-state index in [1.807, 2.05) is 30.3 Å². The van der Waals surface area contributed by atoms with Gasteiger partial charge in [0, 0.05) is 6.54 Å². The highest BCUT2D eigenvalue weighted by Crippen LogP contribution is 2.54. The number of nitrogens with one attached hydrogen (secondary N) is 1. The molecule has 1 N–H and O–H groups in total. The fraction of sp³-hybridized carbons (Fsp3) is 0.462. The van der Waals surface area contributed by atoms with Gasteiger partial charge in [-0.15, -0.1) is 23.2 Å². The number of benzene rings is 1. The molecule has 1 atom stereocenters. The molecule has 1 aromatic carbocycles. The average molecular weight is 288 g/mol. The van der Waals surface area contributed by atoms with Crippen LogP contribution in [-0.2, 0) is 11.3 Å². The lowest BCUT2D eigenvalue weighted by molar-refractivity contribution is 0.139. The quantitative estimate of drug-likeness (QED) is 0.842. The van der Waals surface area contributed by atoms with Gasteiger partial charge in [0.1, 0.15) is 10.9 Å². The van der Waals surface area contributed by atoms with Crippen LogP contribution in [0.3, 0.4) is 0 Å². The Kier molecular flexibility index (Phi) is 4.36. The van der Waals surface area contributed by atoms with Gasteiger partial charge in [0.15, 0.2) is 0 Å². The highest BCUT2D eigenvalue weighted by molar-refractivity contribution is 6.50. The number of carbonyl (C=O) groups excluding carboxylic acids is 1. The van der Waals surface area contributed by atoms with Gasteiger partial charge >= 0.3 is 6.09 Å². The topological polar surface area (TPSA) is 38.3 Å². The summed E-state index contributed by atoms with van der Waals surface area (Å²) in [5, 5.41) is 2.68. The fourth-order valence-electron chi connectivity index (χ4n) is 1.71. The van der Waals surface area contributed by atoms with E-state index in [4.69, 9.17) is 27.9 Å². The Hall–Kier alpha value is -0.930. The van der Waals surface area contributed by atoms with Crippen LogP contribution in [0.4, 0.5) is 4.79 Å². The summed E-state index contributed by atoms with van der Waals surface area (Å²) in [6, 6.07) is 9.55. The van der Waals surface area contributed by atoms with Crippen molar-refractivity contribution in [3.8, 4) is 0 Å². The molecule has 1 unspecified atom stereocenters. The van der Waals surface area contributed by atoms with Crippen molar-refractivity contribution in [3.05, 3.63) is 35.9 Å². The molecule has 0 bridgehead atoms. The average Bonchev–Trinajstić information content (AvgIpc) is 2.96. The standard InChI is InChI=1S/C13H15Cl2NO2/c14-13(15)8-11(13)6-7-16-12(17)18-9-10-4-2-1-3-5-10/h1-5,11H,6-9H2,(H,16,17). The van der Waals surface area contributed by atoms with Crippen LogP contribution >= 0.6 is 23.2 Å². The molecule has 0 spiro atoms. The molecule has 0 aromatic heterocycles. The molecule has 1 aliphatic rings. The molecule has 18 heavy (non-hydrogen) atoms. The van der Waals surface area contributed by atoms with E-state index in [-0.39, 0.29) is 12.5 Å². The zero-order valence-corrected chi connectivity index (χ0v) is 11.4. The van der Waals surface area contributed by atoms with Crippen LogP contribution in [-0.4, -0.2) is 17.0 Å². The predicted octanol–water partition coefficient (Wildman–Crippen LogP) is 3.50. The first-order valence-corrected chi connectivity index (χ1v) is 6.66. The van der Waals surface area contributed by atoms with Gasteiger partial charge in [0.05, 0.1) is 0 Å². The number of ether oxygens (including phenoxy) is 1. The number of alkyl carbamates (subject to hydrolysis) is 1. The highest BCUT2D eigenvalue weighted by Gasteiger charge is 2.50. The van der Waals surface area contributed by atoms with Crippen LogP contribution in [0.15, 0.2) is 30.3 Å². The van der Waals surface area contributed by atoms with Gasteiger partial charge in [0.25, 0.3) is 0 Å². The van der Waals surface area contributed by atoms with Crippen molar-refractivity contribution >= 4 is 29.3 Å². The van der Waals surface area contributed by atoms with Crippen molar-refractivity contribution in [1.29, 1.82) is 0 Å². The largest absolute Gasteiger partial charge is 0.445 e. The Morgan fingerprint density at radius 2 is 2.06 bits per heavy atom. The van der Waals surface area contributed by atoms with Gasteiger partial charge in [-0.05, 0) is 24.3 Å². The zero-order chi connectivity index (χ0) is 13.0. The third-order valence-corrected chi connectivity index (χ3v) is 3.86. The lowest BCUT2D eigenvalue weighted by Crippen LogP contribution is -2.25. The van der Waals surface area contributed by atoms with E-state index in [9.17, 15) is 4.79 Å². The molecule has 2 rings (SSSR count). The second-order valence-corrected chi connectivity index (χ2v) is 5.98. The Labute approximate surface area is 116 Å². The predicted molar refractivity (Wildman–Crippen MR) is 71.8 cm³/mol.